The molecule has 0 aliphatic carbocycles. The molecule has 0 aliphatic heterocycles. The molecule has 0 amide bonds. The lowest BCUT2D eigenvalue weighted by molar-refractivity contribution is 1.05. The highest BCUT2D eigenvalue weighted by Gasteiger charge is 2.07. The minimum Gasteiger partial charge on any atom is -0.362 e. The number of hydrogen-bond donors (Lipinski definition) is 1. The normalized spacial score (nSPS) is 11.0. The average molecular weight is 324 g/mol. The van der Waals surface area contributed by atoms with Gasteiger partial charge in [-0.15, -0.1) is 11.3 Å². The Morgan fingerprint density at radius 3 is 3.11 bits per heavy atom. The molecule has 0 unspecified atom stereocenters. The molecule has 18 heavy (non-hydrogen) atoms. The van der Waals surface area contributed by atoms with Gasteiger partial charge in [-0.1, -0.05) is 0 Å². The number of imidazole rings is 1. The van der Waals surface area contributed by atoms with Crippen molar-refractivity contribution in [2.75, 3.05) is 5.32 Å². The van der Waals surface area contributed by atoms with E-state index in [1.165, 1.54) is 4.88 Å². The van der Waals surface area contributed by atoms with Crippen LogP contribution in [0.15, 0.2) is 28.7 Å². The molecule has 3 rings (SSSR count). The highest BCUT2D eigenvalue weighted by atomic mass is 79.9. The van der Waals surface area contributed by atoms with Gasteiger partial charge < -0.3 is 9.72 Å². The maximum Gasteiger partial charge on any atom is 0.180 e. The summed E-state index contributed by atoms with van der Waals surface area (Å²) in [6.45, 7) is 2.72. The molecule has 3 aromatic heterocycles. The molecule has 3 aromatic rings. The van der Waals surface area contributed by atoms with E-state index in [4.69, 9.17) is 0 Å². The van der Waals surface area contributed by atoms with E-state index >= 15 is 0 Å². The number of anilines is 1. The van der Waals surface area contributed by atoms with E-state index in [0.717, 1.165) is 21.8 Å². The summed E-state index contributed by atoms with van der Waals surface area (Å²) in [5.41, 5.74) is 3.73. The first kappa shape index (κ1) is 11.6. The molecule has 0 radical (unpaired) electrons. The summed E-state index contributed by atoms with van der Waals surface area (Å²) in [4.78, 5) is 14.1. The molecule has 0 atom stereocenters. The molecule has 7 heteroatoms. The molecule has 0 spiro atoms. The van der Waals surface area contributed by atoms with Crippen molar-refractivity contribution in [3.05, 3.63) is 39.3 Å². The van der Waals surface area contributed by atoms with Gasteiger partial charge >= 0.3 is 0 Å². The van der Waals surface area contributed by atoms with E-state index in [0.29, 0.717) is 6.54 Å². The fourth-order valence-corrected chi connectivity index (χ4v) is 2.79. The largest absolute Gasteiger partial charge is 0.362 e. The zero-order valence-electron chi connectivity index (χ0n) is 9.59. The first-order chi connectivity index (χ1) is 8.74. The molecular formula is C11H10BrN5S. The monoisotopic (exact) mass is 323 g/mol. The van der Waals surface area contributed by atoms with Gasteiger partial charge in [0.05, 0.1) is 17.7 Å². The third-order valence-corrected chi connectivity index (χ3v) is 3.92. The SMILES string of the molecule is Cc1ncsc1CNc1nc(Br)cn2ccnc12. The number of aryl methyl sites for hydroxylation is 1. The molecule has 3 heterocycles. The zero-order valence-corrected chi connectivity index (χ0v) is 12.0. The minimum atomic E-state index is 0.711. The number of rotatable bonds is 3. The number of aromatic nitrogens is 4. The molecule has 0 aromatic carbocycles. The van der Waals surface area contributed by atoms with Crippen LogP contribution in [-0.2, 0) is 6.54 Å². The molecular weight excluding hydrogens is 314 g/mol. The Labute approximate surface area is 116 Å². The van der Waals surface area contributed by atoms with Gasteiger partial charge in [0, 0.05) is 23.5 Å². The van der Waals surface area contributed by atoms with Gasteiger partial charge in [0.25, 0.3) is 0 Å². The summed E-state index contributed by atoms with van der Waals surface area (Å²) in [5, 5.41) is 3.30. The van der Waals surface area contributed by atoms with Crippen LogP contribution in [0.1, 0.15) is 10.6 Å². The van der Waals surface area contributed by atoms with Crippen LogP contribution in [0.25, 0.3) is 5.65 Å². The fraction of sp³-hybridized carbons (Fsp3) is 0.182. The van der Waals surface area contributed by atoms with Crippen molar-refractivity contribution >= 4 is 38.7 Å². The molecule has 0 aliphatic rings. The van der Waals surface area contributed by atoms with Crippen LogP contribution in [0, 0.1) is 6.92 Å². The predicted molar refractivity (Wildman–Crippen MR) is 74.9 cm³/mol. The van der Waals surface area contributed by atoms with Gasteiger partial charge in [-0.3, -0.25) is 0 Å². The van der Waals surface area contributed by atoms with Crippen LogP contribution < -0.4 is 5.32 Å². The summed E-state index contributed by atoms with van der Waals surface area (Å²) in [6, 6.07) is 0. The van der Waals surface area contributed by atoms with Crippen LogP contribution in [0.2, 0.25) is 0 Å². The highest BCUT2D eigenvalue weighted by molar-refractivity contribution is 9.10. The number of hydrogen-bond acceptors (Lipinski definition) is 5. The fourth-order valence-electron chi connectivity index (χ4n) is 1.68. The highest BCUT2D eigenvalue weighted by Crippen LogP contribution is 2.19. The molecule has 0 bridgehead atoms. The molecule has 92 valence electrons. The third-order valence-electron chi connectivity index (χ3n) is 2.61. The van der Waals surface area contributed by atoms with E-state index in [-0.39, 0.29) is 0 Å². The maximum absolute atomic E-state index is 4.41. The van der Waals surface area contributed by atoms with Crippen LogP contribution in [0.3, 0.4) is 0 Å². The van der Waals surface area contributed by atoms with Gasteiger partial charge in [0.2, 0.25) is 0 Å². The Morgan fingerprint density at radius 2 is 2.33 bits per heavy atom. The smallest absolute Gasteiger partial charge is 0.180 e. The van der Waals surface area contributed by atoms with E-state index in [1.807, 2.05) is 29.2 Å². The lowest BCUT2D eigenvalue weighted by Crippen LogP contribution is -2.04. The summed E-state index contributed by atoms with van der Waals surface area (Å²) < 4.78 is 2.70. The number of fused-ring (bicyclic) bond motifs is 1. The molecule has 5 nitrogen and oxygen atoms in total. The first-order valence-corrected chi connectivity index (χ1v) is 7.03. The summed E-state index contributed by atoms with van der Waals surface area (Å²) in [6.07, 6.45) is 5.53. The zero-order chi connectivity index (χ0) is 12.5. The van der Waals surface area contributed by atoms with Crippen LogP contribution in [-0.4, -0.2) is 19.4 Å². The van der Waals surface area contributed by atoms with Crippen molar-refractivity contribution < 1.29 is 0 Å². The van der Waals surface area contributed by atoms with Gasteiger partial charge in [-0.25, -0.2) is 15.0 Å². The lowest BCUT2D eigenvalue weighted by Gasteiger charge is -2.06. The van der Waals surface area contributed by atoms with E-state index in [9.17, 15) is 0 Å². The Bertz CT molecular complexity index is 690. The van der Waals surface area contributed by atoms with Crippen molar-refractivity contribution in [1.29, 1.82) is 0 Å². The number of nitrogens with one attached hydrogen (secondary N) is 1. The molecule has 1 N–H and O–H groups in total. The van der Waals surface area contributed by atoms with Crippen molar-refractivity contribution in [3.63, 3.8) is 0 Å². The molecule has 0 fully saturated rings. The van der Waals surface area contributed by atoms with Crippen molar-refractivity contribution in [1.82, 2.24) is 19.4 Å². The van der Waals surface area contributed by atoms with Gasteiger partial charge in [-0.05, 0) is 22.9 Å². The predicted octanol–water partition coefficient (Wildman–Crippen LogP) is 2.87. The summed E-state index contributed by atoms with van der Waals surface area (Å²) in [5.74, 6) is 0.766. The van der Waals surface area contributed by atoms with Crippen LogP contribution in [0.5, 0.6) is 0 Å². The topological polar surface area (TPSA) is 55.1 Å². The van der Waals surface area contributed by atoms with Gasteiger partial charge in [-0.2, -0.15) is 0 Å². The minimum absolute atomic E-state index is 0.711. The molecule has 0 saturated heterocycles. The van der Waals surface area contributed by atoms with Crippen molar-refractivity contribution in [3.8, 4) is 0 Å². The third kappa shape index (κ3) is 2.11. The summed E-state index contributed by atoms with van der Waals surface area (Å²) >= 11 is 5.03. The average Bonchev–Trinajstić information content (AvgIpc) is 2.94. The van der Waals surface area contributed by atoms with E-state index in [2.05, 4.69) is 36.2 Å². The van der Waals surface area contributed by atoms with E-state index < -0.39 is 0 Å². The Morgan fingerprint density at radius 1 is 1.44 bits per heavy atom. The number of halogens is 1. The maximum atomic E-state index is 4.41. The quantitative estimate of drug-likeness (QED) is 0.805. The van der Waals surface area contributed by atoms with Crippen molar-refractivity contribution in [2.24, 2.45) is 0 Å². The van der Waals surface area contributed by atoms with Gasteiger partial charge in [0.15, 0.2) is 11.5 Å². The second-order valence-corrected chi connectivity index (χ2v) is 5.54. The standard InChI is InChI=1S/C11H10BrN5S/c1-7-8(18-6-15-7)4-14-10-11-13-2-3-17(11)5-9(12)16-10/h2-3,5-6H,4H2,1H3,(H,14,16). The van der Waals surface area contributed by atoms with E-state index in [1.54, 1.807) is 17.5 Å². The van der Waals surface area contributed by atoms with Crippen LogP contribution in [0.4, 0.5) is 5.82 Å². The second kappa shape index (κ2) is 4.66. The Kier molecular flexibility index (Phi) is 3.00. The Hall–Kier alpha value is -1.47. The first-order valence-electron chi connectivity index (χ1n) is 5.36. The van der Waals surface area contributed by atoms with Crippen LogP contribution >= 0.6 is 27.3 Å². The van der Waals surface area contributed by atoms with Gasteiger partial charge in [0.1, 0.15) is 4.60 Å². The van der Waals surface area contributed by atoms with Crippen molar-refractivity contribution in [2.45, 2.75) is 13.5 Å². The lowest BCUT2D eigenvalue weighted by atomic mass is 10.4. The summed E-state index contributed by atoms with van der Waals surface area (Å²) in [7, 11) is 0. The second-order valence-electron chi connectivity index (χ2n) is 3.78. The number of thiazole rings is 1. The number of nitrogens with zero attached hydrogens (tertiary/aromatic N) is 4. The molecule has 0 saturated carbocycles. The Balaban J connectivity index is 1.90.